The van der Waals surface area contributed by atoms with Gasteiger partial charge in [-0.1, -0.05) is 0 Å². The minimum Gasteiger partial charge on any atom is -0.374 e. The molecule has 0 radical (unpaired) electrons. The third kappa shape index (κ3) is 3.84. The monoisotopic (exact) mass is 301 g/mol. The number of carbonyl (C=O) groups is 1. The Hall–Kier alpha value is -2.38. The molecule has 3 N–H and O–H groups in total. The summed E-state index contributed by atoms with van der Waals surface area (Å²) in [6.07, 6.45) is 3.62. The summed E-state index contributed by atoms with van der Waals surface area (Å²) < 4.78 is 7.28. The molecular formula is C15H19N5O2. The molecule has 2 aromatic rings. The Labute approximate surface area is 128 Å². The molecule has 1 aromatic heterocycles. The first kappa shape index (κ1) is 14.6. The van der Waals surface area contributed by atoms with E-state index < -0.39 is 0 Å². The molecule has 1 atom stereocenters. The Morgan fingerprint density at radius 3 is 2.95 bits per heavy atom. The number of aromatic nitrogens is 2. The van der Waals surface area contributed by atoms with Crippen molar-refractivity contribution in [3.8, 4) is 5.69 Å². The van der Waals surface area contributed by atoms with E-state index in [0.29, 0.717) is 13.2 Å². The van der Waals surface area contributed by atoms with Crippen LogP contribution in [0.15, 0.2) is 42.7 Å². The molecule has 7 heteroatoms. The maximum absolute atomic E-state index is 11.9. The average Bonchev–Trinajstić information content (AvgIpc) is 3.09. The van der Waals surface area contributed by atoms with Gasteiger partial charge in [0.1, 0.15) is 0 Å². The molecule has 1 saturated heterocycles. The maximum atomic E-state index is 11.9. The van der Waals surface area contributed by atoms with E-state index in [0.717, 1.165) is 24.5 Å². The number of hydrogen-bond donors (Lipinski definition) is 3. The molecule has 1 aliphatic heterocycles. The Kier molecular flexibility index (Phi) is 4.67. The van der Waals surface area contributed by atoms with Crippen LogP contribution in [-0.4, -0.2) is 48.2 Å². The molecule has 2 amide bonds. The van der Waals surface area contributed by atoms with Crippen LogP contribution >= 0.6 is 0 Å². The van der Waals surface area contributed by atoms with Crippen LogP contribution in [0.5, 0.6) is 0 Å². The van der Waals surface area contributed by atoms with Crippen LogP contribution in [0.1, 0.15) is 0 Å². The van der Waals surface area contributed by atoms with E-state index in [1.807, 2.05) is 36.5 Å². The van der Waals surface area contributed by atoms with Gasteiger partial charge in [-0.25, -0.2) is 9.48 Å². The van der Waals surface area contributed by atoms with Crippen molar-refractivity contribution >= 4 is 11.7 Å². The quantitative estimate of drug-likeness (QED) is 0.786. The molecule has 1 fully saturated rings. The molecule has 7 nitrogen and oxygen atoms in total. The number of ether oxygens (including phenoxy) is 1. The van der Waals surface area contributed by atoms with Crippen molar-refractivity contribution in [2.45, 2.75) is 6.10 Å². The van der Waals surface area contributed by atoms with E-state index >= 15 is 0 Å². The van der Waals surface area contributed by atoms with E-state index in [1.54, 1.807) is 10.9 Å². The molecule has 1 aliphatic rings. The minimum atomic E-state index is -0.235. The molecule has 116 valence electrons. The second-order valence-corrected chi connectivity index (χ2v) is 5.03. The van der Waals surface area contributed by atoms with E-state index in [1.165, 1.54) is 0 Å². The van der Waals surface area contributed by atoms with Crippen LogP contribution in [-0.2, 0) is 4.74 Å². The van der Waals surface area contributed by atoms with Gasteiger partial charge in [-0.2, -0.15) is 5.10 Å². The van der Waals surface area contributed by atoms with Crippen molar-refractivity contribution in [2.75, 3.05) is 31.6 Å². The standard InChI is InChI=1S/C15H19N5O2/c21-15(17-11-14-10-16-7-9-22-14)19-12-2-4-13(5-3-12)20-8-1-6-18-20/h1-6,8,14,16H,7,9-11H2,(H2,17,19,21). The third-order valence-corrected chi connectivity index (χ3v) is 3.39. The topological polar surface area (TPSA) is 80.2 Å². The number of anilines is 1. The largest absolute Gasteiger partial charge is 0.374 e. The van der Waals surface area contributed by atoms with Crippen LogP contribution in [0.4, 0.5) is 10.5 Å². The van der Waals surface area contributed by atoms with Gasteiger partial charge in [-0.15, -0.1) is 0 Å². The van der Waals surface area contributed by atoms with Crippen molar-refractivity contribution in [3.63, 3.8) is 0 Å². The number of urea groups is 1. The number of morpholine rings is 1. The van der Waals surface area contributed by atoms with Gasteiger partial charge in [-0.3, -0.25) is 0 Å². The lowest BCUT2D eigenvalue weighted by Gasteiger charge is -2.23. The summed E-state index contributed by atoms with van der Waals surface area (Å²) in [7, 11) is 0. The SMILES string of the molecule is O=C(NCC1CNCCO1)Nc1ccc(-n2cccn2)cc1. The molecule has 0 aliphatic carbocycles. The molecule has 0 bridgehead atoms. The van der Waals surface area contributed by atoms with Crippen LogP contribution in [0.3, 0.4) is 0 Å². The number of carbonyl (C=O) groups excluding carboxylic acids is 1. The van der Waals surface area contributed by atoms with Crippen molar-refractivity contribution < 1.29 is 9.53 Å². The summed E-state index contributed by atoms with van der Waals surface area (Å²) in [5, 5.41) is 13.0. The lowest BCUT2D eigenvalue weighted by atomic mass is 10.3. The highest BCUT2D eigenvalue weighted by Crippen LogP contribution is 2.12. The zero-order chi connectivity index (χ0) is 15.2. The van der Waals surface area contributed by atoms with Gasteiger partial charge in [0, 0.05) is 37.7 Å². The van der Waals surface area contributed by atoms with Gasteiger partial charge in [0.2, 0.25) is 0 Å². The first-order valence-corrected chi connectivity index (χ1v) is 7.28. The summed E-state index contributed by atoms with van der Waals surface area (Å²) >= 11 is 0. The smallest absolute Gasteiger partial charge is 0.319 e. The highest BCUT2D eigenvalue weighted by molar-refractivity contribution is 5.89. The van der Waals surface area contributed by atoms with Crippen molar-refractivity contribution in [3.05, 3.63) is 42.7 Å². The van der Waals surface area contributed by atoms with Crippen molar-refractivity contribution in [2.24, 2.45) is 0 Å². The Morgan fingerprint density at radius 1 is 1.41 bits per heavy atom. The third-order valence-electron chi connectivity index (χ3n) is 3.39. The molecule has 22 heavy (non-hydrogen) atoms. The minimum absolute atomic E-state index is 0.0293. The maximum Gasteiger partial charge on any atom is 0.319 e. The van der Waals surface area contributed by atoms with Gasteiger partial charge in [0.15, 0.2) is 0 Å². The second-order valence-electron chi connectivity index (χ2n) is 5.03. The van der Waals surface area contributed by atoms with E-state index in [4.69, 9.17) is 4.74 Å². The number of nitrogens with one attached hydrogen (secondary N) is 3. The number of nitrogens with zero attached hydrogens (tertiary/aromatic N) is 2. The van der Waals surface area contributed by atoms with E-state index in [9.17, 15) is 4.79 Å². The normalized spacial score (nSPS) is 17.9. The predicted molar refractivity (Wildman–Crippen MR) is 83.2 cm³/mol. The number of hydrogen-bond acceptors (Lipinski definition) is 4. The molecule has 1 unspecified atom stereocenters. The number of amides is 2. The summed E-state index contributed by atoms with van der Waals surface area (Å²) in [6, 6.07) is 9.11. The molecular weight excluding hydrogens is 282 g/mol. The van der Waals surface area contributed by atoms with Gasteiger partial charge in [0.25, 0.3) is 0 Å². The van der Waals surface area contributed by atoms with Gasteiger partial charge >= 0.3 is 6.03 Å². The molecule has 0 spiro atoms. The first-order chi connectivity index (χ1) is 10.8. The Morgan fingerprint density at radius 2 is 2.27 bits per heavy atom. The first-order valence-electron chi connectivity index (χ1n) is 7.28. The lowest BCUT2D eigenvalue weighted by Crippen LogP contribution is -2.45. The number of rotatable bonds is 4. The second kappa shape index (κ2) is 7.06. The summed E-state index contributed by atoms with van der Waals surface area (Å²) in [5.41, 5.74) is 1.67. The van der Waals surface area contributed by atoms with Crippen LogP contribution in [0, 0.1) is 0 Å². The lowest BCUT2D eigenvalue weighted by molar-refractivity contribution is 0.0310. The van der Waals surface area contributed by atoms with Crippen LogP contribution in [0.25, 0.3) is 5.69 Å². The number of benzene rings is 1. The van der Waals surface area contributed by atoms with Gasteiger partial charge < -0.3 is 20.7 Å². The van der Waals surface area contributed by atoms with E-state index in [2.05, 4.69) is 21.0 Å². The van der Waals surface area contributed by atoms with Crippen LogP contribution < -0.4 is 16.0 Å². The van der Waals surface area contributed by atoms with Gasteiger partial charge in [0.05, 0.1) is 18.4 Å². The fraction of sp³-hybridized carbons (Fsp3) is 0.333. The zero-order valence-electron chi connectivity index (χ0n) is 12.2. The molecule has 0 saturated carbocycles. The Balaban J connectivity index is 1.48. The summed E-state index contributed by atoms with van der Waals surface area (Å²) in [4.78, 5) is 11.9. The fourth-order valence-corrected chi connectivity index (χ4v) is 2.25. The predicted octanol–water partition coefficient (Wildman–Crippen LogP) is 0.982. The summed E-state index contributed by atoms with van der Waals surface area (Å²) in [5.74, 6) is 0. The van der Waals surface area contributed by atoms with Gasteiger partial charge in [-0.05, 0) is 30.3 Å². The van der Waals surface area contributed by atoms with Crippen molar-refractivity contribution in [1.82, 2.24) is 20.4 Å². The zero-order valence-corrected chi connectivity index (χ0v) is 12.2. The molecule has 3 rings (SSSR count). The highest BCUT2D eigenvalue weighted by Gasteiger charge is 2.14. The Bertz CT molecular complexity index is 591. The van der Waals surface area contributed by atoms with Crippen molar-refractivity contribution in [1.29, 1.82) is 0 Å². The molecule has 1 aromatic carbocycles. The molecule has 2 heterocycles. The fourth-order valence-electron chi connectivity index (χ4n) is 2.25. The van der Waals surface area contributed by atoms with Crippen LogP contribution in [0.2, 0.25) is 0 Å². The van der Waals surface area contributed by atoms with E-state index in [-0.39, 0.29) is 12.1 Å². The summed E-state index contributed by atoms with van der Waals surface area (Å²) in [6.45, 7) is 2.80. The highest BCUT2D eigenvalue weighted by atomic mass is 16.5. The average molecular weight is 301 g/mol.